The zero-order chi connectivity index (χ0) is 20.4. The van der Waals surface area contributed by atoms with Crippen LogP contribution in [0.25, 0.3) is 0 Å². The molecule has 29 heavy (non-hydrogen) atoms. The number of hydrazine groups is 1. The summed E-state index contributed by atoms with van der Waals surface area (Å²) in [6, 6.07) is 8.84. The Kier molecular flexibility index (Phi) is 5.41. The van der Waals surface area contributed by atoms with Gasteiger partial charge in [0.05, 0.1) is 5.75 Å². The van der Waals surface area contributed by atoms with Crippen molar-refractivity contribution in [3.05, 3.63) is 35.9 Å². The van der Waals surface area contributed by atoms with E-state index in [1.165, 1.54) is 23.1 Å². The molecule has 2 fully saturated rings. The average Bonchev–Trinajstić information content (AvgIpc) is 3.38. The Labute approximate surface area is 175 Å². The summed E-state index contributed by atoms with van der Waals surface area (Å²) in [6.07, 6.45) is 2.64. The summed E-state index contributed by atoms with van der Waals surface area (Å²) in [5.74, 6) is -0.952. The molecule has 4 rings (SSSR count). The maximum atomic E-state index is 13.0. The fourth-order valence-electron chi connectivity index (χ4n) is 3.05. The molecule has 1 aliphatic carbocycles. The number of thioether (sulfide) groups is 1. The van der Waals surface area contributed by atoms with Gasteiger partial charge < -0.3 is 10.6 Å². The van der Waals surface area contributed by atoms with Crippen LogP contribution in [-0.2, 0) is 15.1 Å². The van der Waals surface area contributed by atoms with Gasteiger partial charge in [-0.05, 0) is 24.8 Å². The van der Waals surface area contributed by atoms with Gasteiger partial charge in [-0.25, -0.2) is 4.79 Å². The molecule has 3 N–H and O–H groups in total. The molecule has 152 valence electrons. The van der Waals surface area contributed by atoms with Crippen molar-refractivity contribution in [1.82, 2.24) is 25.9 Å². The van der Waals surface area contributed by atoms with Crippen molar-refractivity contribution < 1.29 is 14.4 Å². The maximum absolute atomic E-state index is 13.0. The molecule has 2 heterocycles. The van der Waals surface area contributed by atoms with Crippen molar-refractivity contribution in [3.8, 4) is 0 Å². The molecule has 0 bridgehead atoms. The number of nitrogens with zero attached hydrogens (tertiary/aromatic N) is 3. The van der Waals surface area contributed by atoms with Crippen molar-refractivity contribution in [3.63, 3.8) is 0 Å². The molecular formula is C18H20N6O3S2. The molecule has 1 saturated carbocycles. The summed E-state index contributed by atoms with van der Waals surface area (Å²) in [5.41, 5.74) is 1.91. The van der Waals surface area contributed by atoms with Crippen LogP contribution in [0.4, 0.5) is 9.93 Å². The molecule has 9 nitrogen and oxygen atoms in total. The van der Waals surface area contributed by atoms with Crippen LogP contribution < -0.4 is 16.1 Å². The summed E-state index contributed by atoms with van der Waals surface area (Å²) in [4.78, 5) is 37.7. The Balaban J connectivity index is 1.37. The van der Waals surface area contributed by atoms with Gasteiger partial charge in [-0.15, -0.1) is 10.2 Å². The molecule has 0 unspecified atom stereocenters. The van der Waals surface area contributed by atoms with Gasteiger partial charge in [-0.2, -0.15) is 5.01 Å². The monoisotopic (exact) mass is 432 g/mol. The molecule has 1 saturated heterocycles. The van der Waals surface area contributed by atoms with E-state index in [4.69, 9.17) is 0 Å². The topological polar surface area (TPSA) is 116 Å². The van der Waals surface area contributed by atoms with Gasteiger partial charge in [0.15, 0.2) is 4.34 Å². The van der Waals surface area contributed by atoms with E-state index in [1.807, 2.05) is 13.0 Å². The van der Waals surface area contributed by atoms with Gasteiger partial charge >= 0.3 is 6.03 Å². The van der Waals surface area contributed by atoms with Crippen LogP contribution in [-0.4, -0.2) is 44.8 Å². The lowest BCUT2D eigenvalue weighted by molar-refractivity contribution is -0.138. The molecule has 4 amide bonds. The SMILES string of the molecule is CC[C@]1(c2ccccc2)NC(=O)N(NC(=O)CSc2nnc(NC3CC3)s2)C1=O. The third-order valence-electron chi connectivity index (χ3n) is 4.76. The standard InChI is InChI=1S/C18H20N6O3S2/c1-2-18(11-6-4-3-5-7-11)14(26)24(16(27)20-18)23-13(25)10-28-17-22-21-15(29-17)19-12-8-9-12/h3-7,12H,2,8-10H2,1H3,(H,19,21)(H,20,27)(H,23,25)/t18-/m1/s1. The van der Waals surface area contributed by atoms with Crippen molar-refractivity contribution >= 4 is 46.1 Å². The number of anilines is 1. The smallest absolute Gasteiger partial charge is 0.344 e. The third kappa shape index (κ3) is 4.06. The number of hydrogen-bond donors (Lipinski definition) is 3. The summed E-state index contributed by atoms with van der Waals surface area (Å²) >= 11 is 2.59. The van der Waals surface area contributed by atoms with Crippen LogP contribution in [0.5, 0.6) is 0 Å². The first kappa shape index (κ1) is 19.6. The molecule has 0 radical (unpaired) electrons. The van der Waals surface area contributed by atoms with E-state index in [0.29, 0.717) is 22.4 Å². The molecule has 1 aromatic heterocycles. The molecule has 1 aliphatic heterocycles. The fraction of sp³-hybridized carbons (Fsp3) is 0.389. The molecule has 1 aromatic carbocycles. The number of benzene rings is 1. The van der Waals surface area contributed by atoms with Crippen LogP contribution in [0.1, 0.15) is 31.7 Å². The van der Waals surface area contributed by atoms with Crippen molar-refractivity contribution in [2.24, 2.45) is 0 Å². The lowest BCUT2D eigenvalue weighted by Crippen LogP contribution is -2.49. The summed E-state index contributed by atoms with van der Waals surface area (Å²) in [7, 11) is 0. The van der Waals surface area contributed by atoms with Crippen LogP contribution in [0.3, 0.4) is 0 Å². The minimum Gasteiger partial charge on any atom is -0.357 e. The molecular weight excluding hydrogens is 412 g/mol. The predicted molar refractivity (Wildman–Crippen MR) is 109 cm³/mol. The zero-order valence-electron chi connectivity index (χ0n) is 15.7. The Hall–Kier alpha value is -2.66. The Morgan fingerprint density at radius 3 is 2.76 bits per heavy atom. The second-order valence-electron chi connectivity index (χ2n) is 6.81. The molecule has 0 spiro atoms. The van der Waals surface area contributed by atoms with Crippen LogP contribution in [0, 0.1) is 0 Å². The van der Waals surface area contributed by atoms with Crippen LogP contribution in [0.2, 0.25) is 0 Å². The number of rotatable bonds is 8. The molecule has 11 heteroatoms. The van der Waals surface area contributed by atoms with E-state index in [2.05, 4.69) is 26.3 Å². The second-order valence-corrected chi connectivity index (χ2v) is 9.01. The summed E-state index contributed by atoms with van der Waals surface area (Å²) in [5, 5.41) is 15.6. The first-order valence-corrected chi connectivity index (χ1v) is 11.1. The van der Waals surface area contributed by atoms with Crippen molar-refractivity contribution in [1.29, 1.82) is 0 Å². The maximum Gasteiger partial charge on any atom is 0.344 e. The highest BCUT2D eigenvalue weighted by Crippen LogP contribution is 2.32. The van der Waals surface area contributed by atoms with E-state index in [9.17, 15) is 14.4 Å². The van der Waals surface area contributed by atoms with Gasteiger partial charge in [0, 0.05) is 6.04 Å². The van der Waals surface area contributed by atoms with Gasteiger partial charge in [0.1, 0.15) is 5.54 Å². The quantitative estimate of drug-likeness (QED) is 0.432. The highest BCUT2D eigenvalue weighted by atomic mass is 32.2. The average molecular weight is 433 g/mol. The number of carbonyl (C=O) groups excluding carboxylic acids is 3. The van der Waals surface area contributed by atoms with Gasteiger partial charge in [-0.3, -0.25) is 15.0 Å². The highest BCUT2D eigenvalue weighted by Gasteiger charge is 2.52. The summed E-state index contributed by atoms with van der Waals surface area (Å²) in [6.45, 7) is 1.81. The number of carbonyl (C=O) groups is 3. The van der Waals surface area contributed by atoms with E-state index < -0.39 is 23.4 Å². The Morgan fingerprint density at radius 1 is 1.31 bits per heavy atom. The fourth-order valence-corrected chi connectivity index (χ4v) is 4.67. The number of aromatic nitrogens is 2. The highest BCUT2D eigenvalue weighted by molar-refractivity contribution is 8.01. The largest absolute Gasteiger partial charge is 0.357 e. The first-order valence-electron chi connectivity index (χ1n) is 9.26. The number of urea groups is 1. The molecule has 2 aromatic rings. The number of amides is 4. The van der Waals surface area contributed by atoms with Crippen molar-refractivity contribution in [2.45, 2.75) is 42.1 Å². The van der Waals surface area contributed by atoms with Crippen molar-refractivity contribution in [2.75, 3.05) is 11.1 Å². The predicted octanol–water partition coefficient (Wildman–Crippen LogP) is 2.09. The Morgan fingerprint density at radius 2 is 2.07 bits per heavy atom. The molecule has 1 atom stereocenters. The second kappa shape index (κ2) is 7.99. The number of hydrogen-bond acceptors (Lipinski definition) is 8. The van der Waals surface area contributed by atoms with E-state index in [-0.39, 0.29) is 5.75 Å². The molecule has 2 aliphatic rings. The van der Waals surface area contributed by atoms with Crippen LogP contribution in [0.15, 0.2) is 34.7 Å². The van der Waals surface area contributed by atoms with Crippen LogP contribution >= 0.6 is 23.1 Å². The normalized spacial score (nSPS) is 21.2. The van der Waals surface area contributed by atoms with Gasteiger partial charge in [0.25, 0.3) is 5.91 Å². The van der Waals surface area contributed by atoms with E-state index in [1.54, 1.807) is 24.3 Å². The summed E-state index contributed by atoms with van der Waals surface area (Å²) < 4.78 is 0.646. The minimum atomic E-state index is -1.18. The lowest BCUT2D eigenvalue weighted by atomic mass is 9.87. The lowest BCUT2D eigenvalue weighted by Gasteiger charge is -2.25. The number of nitrogens with one attached hydrogen (secondary N) is 3. The number of imide groups is 1. The minimum absolute atomic E-state index is 0.0135. The van der Waals surface area contributed by atoms with Gasteiger partial charge in [-0.1, -0.05) is 60.4 Å². The first-order chi connectivity index (χ1) is 14.0. The third-order valence-corrected chi connectivity index (χ3v) is 6.75. The van der Waals surface area contributed by atoms with Gasteiger partial charge in [0.2, 0.25) is 11.0 Å². The van der Waals surface area contributed by atoms with E-state index >= 15 is 0 Å². The van der Waals surface area contributed by atoms with E-state index in [0.717, 1.165) is 23.0 Å². The zero-order valence-corrected chi connectivity index (χ0v) is 17.3. The Bertz CT molecular complexity index is 933.